The normalized spacial score (nSPS) is 15.6. The Bertz CT molecular complexity index is 1050. The Morgan fingerprint density at radius 3 is 2.39 bits per heavy atom. The maximum absolute atomic E-state index is 13.0. The molecule has 194 valence electrons. The molecule has 1 saturated heterocycles. The number of likely N-dealkylation sites (tertiary alicyclic amines) is 1. The van der Waals surface area contributed by atoms with Crippen LogP contribution in [0.2, 0.25) is 5.02 Å². The van der Waals surface area contributed by atoms with Crippen molar-refractivity contribution in [3.05, 3.63) is 64.7 Å². The fraction of sp³-hybridized carbons (Fsp3) is 0.423. The Morgan fingerprint density at radius 1 is 1.11 bits per heavy atom. The first-order valence-corrected chi connectivity index (χ1v) is 12.4. The average molecular weight is 516 g/mol. The predicted octanol–water partition coefficient (Wildman–Crippen LogP) is 2.46. The zero-order valence-electron chi connectivity index (χ0n) is 20.5. The van der Waals surface area contributed by atoms with Gasteiger partial charge in [0, 0.05) is 30.3 Å². The summed E-state index contributed by atoms with van der Waals surface area (Å²) in [5.41, 5.74) is 13.0. The van der Waals surface area contributed by atoms with E-state index in [1.807, 2.05) is 30.3 Å². The summed E-state index contributed by atoms with van der Waals surface area (Å²) < 4.78 is 5.55. The molecule has 1 heterocycles. The molecule has 0 radical (unpaired) electrons. The van der Waals surface area contributed by atoms with Crippen LogP contribution in [0.25, 0.3) is 0 Å². The monoisotopic (exact) mass is 515 g/mol. The van der Waals surface area contributed by atoms with Crippen LogP contribution in [0.1, 0.15) is 30.9 Å². The number of rotatable bonds is 9. The van der Waals surface area contributed by atoms with Crippen molar-refractivity contribution in [1.29, 1.82) is 0 Å². The van der Waals surface area contributed by atoms with E-state index in [-0.39, 0.29) is 31.4 Å². The molecule has 0 saturated carbocycles. The van der Waals surface area contributed by atoms with E-state index < -0.39 is 17.7 Å². The van der Waals surface area contributed by atoms with Gasteiger partial charge >= 0.3 is 6.09 Å². The van der Waals surface area contributed by atoms with Gasteiger partial charge in [-0.05, 0) is 48.6 Å². The van der Waals surface area contributed by atoms with E-state index >= 15 is 0 Å². The standard InChI is InChI=1S/C26H34ClN5O4/c1-2-18-7-9-20(10-8-18)30-25(35)36-17-26(11-13-32(14-12-26)24(34)22(29)16-28)31-23(33)15-19-5-3-4-6-21(19)27/h3-10,22H,2,11-17,28-29H2,1H3,(H,30,35)(H,31,33). The van der Waals surface area contributed by atoms with Crippen molar-refractivity contribution < 1.29 is 19.1 Å². The first kappa shape index (κ1) is 27.4. The van der Waals surface area contributed by atoms with Crippen LogP contribution in [0.15, 0.2) is 48.5 Å². The van der Waals surface area contributed by atoms with Crippen molar-refractivity contribution in [1.82, 2.24) is 10.2 Å². The number of aryl methyl sites for hydroxylation is 1. The van der Waals surface area contributed by atoms with Gasteiger partial charge in [0.2, 0.25) is 11.8 Å². The molecule has 0 bridgehead atoms. The summed E-state index contributed by atoms with van der Waals surface area (Å²) in [6, 6.07) is 13.9. The van der Waals surface area contributed by atoms with Crippen molar-refractivity contribution in [2.75, 3.05) is 31.6 Å². The van der Waals surface area contributed by atoms with E-state index in [9.17, 15) is 14.4 Å². The Kier molecular flexibility index (Phi) is 9.69. The number of carbonyl (C=O) groups excluding carboxylic acids is 3. The Labute approximate surface area is 216 Å². The maximum atomic E-state index is 13.0. The molecule has 36 heavy (non-hydrogen) atoms. The summed E-state index contributed by atoms with van der Waals surface area (Å²) >= 11 is 6.22. The van der Waals surface area contributed by atoms with E-state index in [4.69, 9.17) is 27.8 Å². The van der Waals surface area contributed by atoms with Gasteiger partial charge in [0.1, 0.15) is 6.61 Å². The Balaban J connectivity index is 1.66. The lowest BCUT2D eigenvalue weighted by Crippen LogP contribution is -2.61. The van der Waals surface area contributed by atoms with Gasteiger partial charge in [0.25, 0.3) is 0 Å². The molecule has 3 rings (SSSR count). The van der Waals surface area contributed by atoms with Crippen LogP contribution in [0.5, 0.6) is 0 Å². The summed E-state index contributed by atoms with van der Waals surface area (Å²) in [6.07, 6.45) is 1.14. The molecule has 2 aromatic carbocycles. The SMILES string of the molecule is CCc1ccc(NC(=O)OCC2(NC(=O)Cc3ccccc3Cl)CCN(C(=O)C(N)CN)CC2)cc1. The highest BCUT2D eigenvalue weighted by Crippen LogP contribution is 2.25. The minimum absolute atomic E-state index is 0.0505. The molecule has 6 N–H and O–H groups in total. The molecule has 1 atom stereocenters. The number of hydrogen-bond donors (Lipinski definition) is 4. The van der Waals surface area contributed by atoms with Gasteiger partial charge in [-0.1, -0.05) is 48.9 Å². The highest BCUT2D eigenvalue weighted by molar-refractivity contribution is 6.31. The van der Waals surface area contributed by atoms with Gasteiger partial charge in [-0.25, -0.2) is 4.79 Å². The molecule has 3 amide bonds. The van der Waals surface area contributed by atoms with Gasteiger partial charge in [-0.2, -0.15) is 0 Å². The summed E-state index contributed by atoms with van der Waals surface area (Å²) in [6.45, 7) is 2.76. The third-order valence-electron chi connectivity index (χ3n) is 6.40. The Hall–Kier alpha value is -3.14. The zero-order chi connectivity index (χ0) is 26.1. The molecule has 1 unspecified atom stereocenters. The van der Waals surface area contributed by atoms with Crippen LogP contribution in [0.4, 0.5) is 10.5 Å². The molecule has 0 aromatic heterocycles. The average Bonchev–Trinajstić information content (AvgIpc) is 2.89. The van der Waals surface area contributed by atoms with Crippen molar-refractivity contribution in [2.24, 2.45) is 11.5 Å². The maximum Gasteiger partial charge on any atom is 0.411 e. The first-order chi connectivity index (χ1) is 17.2. The number of hydrogen-bond acceptors (Lipinski definition) is 6. The molecule has 10 heteroatoms. The largest absolute Gasteiger partial charge is 0.447 e. The molecule has 9 nitrogen and oxygen atoms in total. The summed E-state index contributed by atoms with van der Waals surface area (Å²) in [5.74, 6) is -0.483. The molecule has 1 aliphatic heterocycles. The number of piperidine rings is 1. The summed E-state index contributed by atoms with van der Waals surface area (Å²) in [5, 5.41) is 6.26. The van der Waals surface area contributed by atoms with Gasteiger partial charge in [-0.15, -0.1) is 0 Å². The van der Waals surface area contributed by atoms with E-state index in [0.717, 1.165) is 12.0 Å². The number of halogens is 1. The number of nitrogens with one attached hydrogen (secondary N) is 2. The molecule has 1 fully saturated rings. The van der Waals surface area contributed by atoms with Crippen molar-refractivity contribution >= 4 is 35.2 Å². The Morgan fingerprint density at radius 2 is 1.78 bits per heavy atom. The number of amides is 3. The molecule has 0 aliphatic carbocycles. The fourth-order valence-corrected chi connectivity index (χ4v) is 4.33. The van der Waals surface area contributed by atoms with Crippen LogP contribution in [0, 0.1) is 0 Å². The number of ether oxygens (including phenoxy) is 1. The van der Waals surface area contributed by atoms with Crippen molar-refractivity contribution in [3.63, 3.8) is 0 Å². The smallest absolute Gasteiger partial charge is 0.411 e. The fourth-order valence-electron chi connectivity index (χ4n) is 4.13. The van der Waals surface area contributed by atoms with Crippen molar-refractivity contribution in [3.8, 4) is 0 Å². The zero-order valence-corrected chi connectivity index (χ0v) is 21.2. The third-order valence-corrected chi connectivity index (χ3v) is 6.77. The van der Waals surface area contributed by atoms with E-state index in [2.05, 4.69) is 17.6 Å². The van der Waals surface area contributed by atoms with Crippen LogP contribution in [0.3, 0.4) is 0 Å². The molecular weight excluding hydrogens is 482 g/mol. The van der Waals surface area contributed by atoms with E-state index in [1.54, 1.807) is 23.1 Å². The lowest BCUT2D eigenvalue weighted by atomic mass is 9.87. The molecule has 1 aliphatic rings. The van der Waals surface area contributed by atoms with Crippen LogP contribution >= 0.6 is 11.6 Å². The minimum atomic E-state index is -0.842. The second kappa shape index (κ2) is 12.7. The number of nitrogens with two attached hydrogens (primary N) is 2. The summed E-state index contributed by atoms with van der Waals surface area (Å²) in [4.78, 5) is 39.6. The number of nitrogens with zero attached hydrogens (tertiary/aromatic N) is 1. The van der Waals surface area contributed by atoms with E-state index in [0.29, 0.717) is 42.2 Å². The van der Waals surface area contributed by atoms with Gasteiger partial charge in [0.15, 0.2) is 0 Å². The lowest BCUT2D eigenvalue weighted by Gasteiger charge is -2.42. The second-order valence-electron chi connectivity index (χ2n) is 9.02. The highest BCUT2D eigenvalue weighted by atomic mass is 35.5. The van der Waals surface area contributed by atoms with Crippen LogP contribution in [-0.2, 0) is 27.2 Å². The third kappa shape index (κ3) is 7.43. The topological polar surface area (TPSA) is 140 Å². The van der Waals surface area contributed by atoms with Gasteiger partial charge in [-0.3, -0.25) is 14.9 Å². The van der Waals surface area contributed by atoms with Crippen molar-refractivity contribution in [2.45, 2.75) is 44.2 Å². The van der Waals surface area contributed by atoms with Crippen LogP contribution < -0.4 is 22.1 Å². The van der Waals surface area contributed by atoms with Gasteiger partial charge < -0.3 is 26.4 Å². The molecular formula is C26H34ClN5O4. The lowest BCUT2D eigenvalue weighted by molar-refractivity contribution is -0.135. The number of carbonyl (C=O) groups is 3. The first-order valence-electron chi connectivity index (χ1n) is 12.1. The minimum Gasteiger partial charge on any atom is -0.447 e. The quantitative estimate of drug-likeness (QED) is 0.404. The van der Waals surface area contributed by atoms with E-state index in [1.165, 1.54) is 0 Å². The van der Waals surface area contributed by atoms with Gasteiger partial charge in [0.05, 0.1) is 18.0 Å². The second-order valence-corrected chi connectivity index (χ2v) is 9.42. The predicted molar refractivity (Wildman–Crippen MR) is 140 cm³/mol. The van der Waals surface area contributed by atoms with Crippen LogP contribution in [-0.4, -0.2) is 60.6 Å². The highest BCUT2D eigenvalue weighted by Gasteiger charge is 2.39. The number of anilines is 1. The molecule has 0 spiro atoms. The number of benzene rings is 2. The molecule has 2 aromatic rings. The summed E-state index contributed by atoms with van der Waals surface area (Å²) in [7, 11) is 0.